The summed E-state index contributed by atoms with van der Waals surface area (Å²) in [5, 5.41) is 13.1. The van der Waals surface area contributed by atoms with Crippen LogP contribution in [0.5, 0.6) is 0 Å². The summed E-state index contributed by atoms with van der Waals surface area (Å²) in [6, 6.07) is 5.99. The lowest BCUT2D eigenvalue weighted by molar-refractivity contribution is -0.141. The van der Waals surface area contributed by atoms with E-state index in [0.717, 1.165) is 37.1 Å². The van der Waals surface area contributed by atoms with Crippen molar-refractivity contribution in [3.8, 4) is 11.3 Å². The highest BCUT2D eigenvalue weighted by Crippen LogP contribution is 2.38. The molecule has 0 amide bonds. The highest BCUT2D eigenvalue weighted by molar-refractivity contribution is 5.65. The number of nitrogens with one attached hydrogen (secondary N) is 1. The lowest BCUT2D eigenvalue weighted by Crippen LogP contribution is -2.23. The molecule has 154 valence electrons. The van der Waals surface area contributed by atoms with Crippen molar-refractivity contribution in [2.75, 3.05) is 13.1 Å². The van der Waals surface area contributed by atoms with Crippen LogP contribution in [-0.2, 0) is 12.4 Å². The van der Waals surface area contributed by atoms with E-state index < -0.39 is 41.0 Å². The number of rotatable bonds is 7. The SMILES string of the molecule is CCCCNCC(O)c1cc(-c2ccccc2C(F)(F)F)nc(C(F)(F)F)c1. The van der Waals surface area contributed by atoms with Crippen LogP contribution in [0, 0.1) is 0 Å². The van der Waals surface area contributed by atoms with Crippen LogP contribution in [-0.4, -0.2) is 23.2 Å². The van der Waals surface area contributed by atoms with E-state index >= 15 is 0 Å². The summed E-state index contributed by atoms with van der Waals surface area (Å²) in [5.74, 6) is 0. The van der Waals surface area contributed by atoms with E-state index in [2.05, 4.69) is 10.3 Å². The average Bonchev–Trinajstić information content (AvgIpc) is 2.63. The molecule has 2 N–H and O–H groups in total. The Bertz CT molecular complexity index is 789. The average molecular weight is 406 g/mol. The maximum atomic E-state index is 13.3. The van der Waals surface area contributed by atoms with Gasteiger partial charge in [-0.1, -0.05) is 31.5 Å². The molecule has 2 aromatic rings. The minimum atomic E-state index is -4.87. The Morgan fingerprint density at radius 1 is 1.04 bits per heavy atom. The van der Waals surface area contributed by atoms with Gasteiger partial charge in [0.1, 0.15) is 5.69 Å². The molecule has 0 saturated carbocycles. The molecule has 3 nitrogen and oxygen atoms in total. The maximum absolute atomic E-state index is 13.3. The molecule has 1 unspecified atom stereocenters. The summed E-state index contributed by atoms with van der Waals surface area (Å²) in [6.45, 7) is 2.50. The molecular weight excluding hydrogens is 386 g/mol. The number of halogens is 6. The number of aliphatic hydroxyl groups excluding tert-OH is 1. The predicted octanol–water partition coefficient (Wildman–Crippen LogP) is 5.21. The Labute approximate surface area is 158 Å². The van der Waals surface area contributed by atoms with Crippen LogP contribution in [0.15, 0.2) is 36.4 Å². The molecule has 0 bridgehead atoms. The number of unbranched alkanes of at least 4 members (excludes halogenated alkanes) is 1. The highest BCUT2D eigenvalue weighted by Gasteiger charge is 2.36. The van der Waals surface area contributed by atoms with Crippen LogP contribution >= 0.6 is 0 Å². The second-order valence-corrected chi connectivity index (χ2v) is 6.29. The first-order valence-electron chi connectivity index (χ1n) is 8.68. The Kier molecular flexibility index (Phi) is 7.06. The first-order valence-corrected chi connectivity index (χ1v) is 8.68. The van der Waals surface area contributed by atoms with Gasteiger partial charge in [0, 0.05) is 12.1 Å². The summed E-state index contributed by atoms with van der Waals surface area (Å²) in [4.78, 5) is 3.38. The molecule has 0 aliphatic heterocycles. The number of benzene rings is 1. The number of hydrogen-bond acceptors (Lipinski definition) is 3. The Morgan fingerprint density at radius 3 is 2.32 bits per heavy atom. The van der Waals surface area contributed by atoms with Gasteiger partial charge >= 0.3 is 12.4 Å². The standard InChI is InChI=1S/C19H20F6N2O/c1-2-3-8-26-11-16(28)12-9-15(27-17(10-12)19(23,24)25)13-6-4-5-7-14(13)18(20,21)22/h4-7,9-10,16,26,28H,2-3,8,11H2,1H3. The molecule has 1 aromatic carbocycles. The number of hydrogen-bond donors (Lipinski definition) is 2. The van der Waals surface area contributed by atoms with Crippen molar-refractivity contribution < 1.29 is 31.4 Å². The van der Waals surface area contributed by atoms with Crippen LogP contribution in [0.1, 0.15) is 42.7 Å². The third kappa shape index (κ3) is 5.68. The minimum absolute atomic E-state index is 0.0261. The number of nitrogens with zero attached hydrogens (tertiary/aromatic N) is 1. The van der Waals surface area contributed by atoms with Crippen LogP contribution in [0.3, 0.4) is 0 Å². The summed E-state index contributed by atoms with van der Waals surface area (Å²) in [5.41, 5.74) is -3.58. The number of aromatic nitrogens is 1. The van der Waals surface area contributed by atoms with Crippen LogP contribution in [0.2, 0.25) is 0 Å². The lowest BCUT2D eigenvalue weighted by Gasteiger charge is -2.18. The van der Waals surface area contributed by atoms with E-state index in [1.165, 1.54) is 6.07 Å². The highest BCUT2D eigenvalue weighted by atomic mass is 19.4. The molecule has 0 aliphatic carbocycles. The summed E-state index contributed by atoms with van der Waals surface area (Å²) >= 11 is 0. The van der Waals surface area contributed by atoms with Crippen molar-refractivity contribution in [2.24, 2.45) is 0 Å². The normalized spacial score (nSPS) is 13.6. The smallest absolute Gasteiger partial charge is 0.387 e. The predicted molar refractivity (Wildman–Crippen MR) is 92.4 cm³/mol. The van der Waals surface area contributed by atoms with E-state index in [1.807, 2.05) is 6.92 Å². The zero-order valence-electron chi connectivity index (χ0n) is 15.0. The Balaban J connectivity index is 2.49. The molecule has 9 heteroatoms. The van der Waals surface area contributed by atoms with Gasteiger partial charge in [0.25, 0.3) is 0 Å². The largest absolute Gasteiger partial charge is 0.433 e. The summed E-state index contributed by atoms with van der Waals surface area (Å²) < 4.78 is 79.5. The first-order chi connectivity index (χ1) is 13.0. The molecule has 0 spiro atoms. The van der Waals surface area contributed by atoms with E-state index in [1.54, 1.807) is 0 Å². The molecule has 28 heavy (non-hydrogen) atoms. The third-order valence-electron chi connectivity index (χ3n) is 4.08. The van der Waals surface area contributed by atoms with Crippen molar-refractivity contribution in [1.29, 1.82) is 0 Å². The molecule has 1 atom stereocenters. The van der Waals surface area contributed by atoms with Crippen molar-refractivity contribution in [2.45, 2.75) is 38.2 Å². The fourth-order valence-corrected chi connectivity index (χ4v) is 2.64. The molecule has 0 fully saturated rings. The molecule has 1 heterocycles. The van der Waals surface area contributed by atoms with E-state index in [4.69, 9.17) is 0 Å². The fourth-order valence-electron chi connectivity index (χ4n) is 2.64. The fraction of sp³-hybridized carbons (Fsp3) is 0.421. The molecule has 0 aliphatic rings. The quantitative estimate of drug-likeness (QED) is 0.490. The third-order valence-corrected chi connectivity index (χ3v) is 4.08. The van der Waals surface area contributed by atoms with Gasteiger partial charge in [0.15, 0.2) is 0 Å². The molecule has 0 saturated heterocycles. The van der Waals surface area contributed by atoms with E-state index in [-0.39, 0.29) is 12.1 Å². The minimum Gasteiger partial charge on any atom is -0.387 e. The van der Waals surface area contributed by atoms with Crippen molar-refractivity contribution in [3.63, 3.8) is 0 Å². The van der Waals surface area contributed by atoms with E-state index in [9.17, 15) is 31.4 Å². The topological polar surface area (TPSA) is 45.1 Å². The van der Waals surface area contributed by atoms with Crippen molar-refractivity contribution in [3.05, 3.63) is 53.2 Å². The molecular formula is C19H20F6N2O. The van der Waals surface area contributed by atoms with Gasteiger partial charge in [-0.05, 0) is 36.7 Å². The molecule has 0 radical (unpaired) electrons. The molecule has 2 rings (SSSR count). The number of aliphatic hydroxyl groups is 1. The van der Waals surface area contributed by atoms with Crippen molar-refractivity contribution in [1.82, 2.24) is 10.3 Å². The lowest BCUT2D eigenvalue weighted by atomic mass is 10.00. The second-order valence-electron chi connectivity index (χ2n) is 6.29. The van der Waals surface area contributed by atoms with Gasteiger partial charge < -0.3 is 10.4 Å². The monoisotopic (exact) mass is 406 g/mol. The second kappa shape index (κ2) is 8.91. The number of pyridine rings is 1. The van der Waals surface area contributed by atoms with Crippen LogP contribution in [0.4, 0.5) is 26.3 Å². The molecule has 1 aromatic heterocycles. The van der Waals surface area contributed by atoms with E-state index in [0.29, 0.717) is 12.6 Å². The van der Waals surface area contributed by atoms with Gasteiger partial charge in [-0.15, -0.1) is 0 Å². The summed E-state index contributed by atoms with van der Waals surface area (Å²) in [7, 11) is 0. The van der Waals surface area contributed by atoms with Crippen LogP contribution in [0.25, 0.3) is 11.3 Å². The zero-order chi connectivity index (χ0) is 20.9. The van der Waals surface area contributed by atoms with Crippen LogP contribution < -0.4 is 5.32 Å². The number of alkyl halides is 6. The van der Waals surface area contributed by atoms with Crippen molar-refractivity contribution >= 4 is 0 Å². The summed E-state index contributed by atoms with van der Waals surface area (Å²) in [6.07, 6.45) is -9.23. The van der Waals surface area contributed by atoms with Gasteiger partial charge in [-0.3, -0.25) is 0 Å². The zero-order valence-corrected chi connectivity index (χ0v) is 15.0. The van der Waals surface area contributed by atoms with Gasteiger partial charge in [-0.2, -0.15) is 26.3 Å². The van der Waals surface area contributed by atoms with Gasteiger partial charge in [-0.25, -0.2) is 4.98 Å². The van der Waals surface area contributed by atoms with Gasteiger partial charge in [0.05, 0.1) is 17.4 Å². The van der Waals surface area contributed by atoms with Gasteiger partial charge in [0.2, 0.25) is 0 Å². The Morgan fingerprint density at radius 2 is 1.71 bits per heavy atom. The Hall–Kier alpha value is -2.13. The first kappa shape index (κ1) is 22.2. The maximum Gasteiger partial charge on any atom is 0.433 e.